The Balaban J connectivity index is 1.68. The number of nitrogens with one attached hydrogen (secondary N) is 1. The first-order valence-electron chi connectivity index (χ1n) is 8.23. The third-order valence-electron chi connectivity index (χ3n) is 4.54. The predicted molar refractivity (Wildman–Crippen MR) is 90.9 cm³/mol. The van der Waals surface area contributed by atoms with Crippen molar-refractivity contribution in [1.82, 2.24) is 10.2 Å². The van der Waals surface area contributed by atoms with Crippen LogP contribution in [-0.2, 0) is 11.3 Å². The van der Waals surface area contributed by atoms with Gasteiger partial charge in [-0.1, -0.05) is 24.3 Å². The monoisotopic (exact) mass is 312 g/mol. The maximum absolute atomic E-state index is 11.5. The molecule has 1 amide bonds. The van der Waals surface area contributed by atoms with Crippen molar-refractivity contribution in [1.29, 1.82) is 0 Å². The van der Waals surface area contributed by atoms with Gasteiger partial charge in [-0.15, -0.1) is 0 Å². The van der Waals surface area contributed by atoms with E-state index < -0.39 is 0 Å². The number of nitrogens with zero attached hydrogens (tertiary/aromatic N) is 1. The molecule has 0 saturated carbocycles. The lowest BCUT2D eigenvalue weighted by Gasteiger charge is -2.18. The Bertz CT molecular complexity index is 678. The molecule has 122 valence electrons. The molecule has 0 bridgehead atoms. The van der Waals surface area contributed by atoms with Crippen LogP contribution in [0.25, 0.3) is 11.3 Å². The molecule has 2 aromatic rings. The molecule has 2 heterocycles. The van der Waals surface area contributed by atoms with Gasteiger partial charge in [-0.3, -0.25) is 9.69 Å². The van der Waals surface area contributed by atoms with Crippen LogP contribution < -0.4 is 5.32 Å². The summed E-state index contributed by atoms with van der Waals surface area (Å²) >= 11 is 0. The molecule has 23 heavy (non-hydrogen) atoms. The predicted octanol–water partition coefficient (Wildman–Crippen LogP) is 3.21. The molecule has 0 spiro atoms. The van der Waals surface area contributed by atoms with Gasteiger partial charge < -0.3 is 9.73 Å². The van der Waals surface area contributed by atoms with Gasteiger partial charge in [-0.05, 0) is 43.5 Å². The molecule has 1 fully saturated rings. The number of rotatable bonds is 5. The van der Waals surface area contributed by atoms with Gasteiger partial charge in [-0.25, -0.2) is 0 Å². The van der Waals surface area contributed by atoms with E-state index in [1.54, 1.807) is 7.05 Å². The summed E-state index contributed by atoms with van der Waals surface area (Å²) in [5.74, 6) is 2.47. The molecule has 1 N–H and O–H groups in total. The molecule has 1 aromatic carbocycles. The van der Waals surface area contributed by atoms with Gasteiger partial charge in [0.1, 0.15) is 11.5 Å². The number of hydrogen-bond acceptors (Lipinski definition) is 3. The van der Waals surface area contributed by atoms with E-state index in [4.69, 9.17) is 4.42 Å². The van der Waals surface area contributed by atoms with Crippen LogP contribution in [-0.4, -0.2) is 30.9 Å². The summed E-state index contributed by atoms with van der Waals surface area (Å²) in [5, 5.41) is 2.72. The summed E-state index contributed by atoms with van der Waals surface area (Å²) in [4.78, 5) is 14.0. The zero-order chi connectivity index (χ0) is 16.2. The maximum Gasteiger partial charge on any atom is 0.220 e. The van der Waals surface area contributed by atoms with Gasteiger partial charge in [0.15, 0.2) is 0 Å². The molecule has 1 saturated heterocycles. The summed E-state index contributed by atoms with van der Waals surface area (Å²) in [6.45, 7) is 4.90. The van der Waals surface area contributed by atoms with E-state index in [9.17, 15) is 4.79 Å². The standard InChI is InChI=1S/C19H24N2O2/c1-14-7-8-18(23-14)17-6-4-3-5-16(17)13-21-10-9-15(12-21)11-19(22)20-2/h3-8,15H,9-13H2,1-2H3,(H,20,22)/t15-/m1/s1. The number of carbonyl (C=O) groups excluding carboxylic acids is 1. The van der Waals surface area contributed by atoms with Crippen molar-refractivity contribution >= 4 is 5.91 Å². The Labute approximate surface area is 137 Å². The first-order valence-corrected chi connectivity index (χ1v) is 8.23. The summed E-state index contributed by atoms with van der Waals surface area (Å²) in [6, 6.07) is 12.4. The van der Waals surface area contributed by atoms with E-state index in [0.717, 1.165) is 43.1 Å². The smallest absolute Gasteiger partial charge is 0.220 e. The highest BCUT2D eigenvalue weighted by atomic mass is 16.3. The van der Waals surface area contributed by atoms with E-state index >= 15 is 0 Å². The van der Waals surface area contributed by atoms with Crippen LogP contribution in [0.2, 0.25) is 0 Å². The second-order valence-corrected chi connectivity index (χ2v) is 6.33. The quantitative estimate of drug-likeness (QED) is 0.922. The van der Waals surface area contributed by atoms with Crippen LogP contribution >= 0.6 is 0 Å². The van der Waals surface area contributed by atoms with Crippen molar-refractivity contribution in [2.24, 2.45) is 5.92 Å². The average molecular weight is 312 g/mol. The Hall–Kier alpha value is -2.07. The minimum absolute atomic E-state index is 0.142. The van der Waals surface area contributed by atoms with E-state index in [1.807, 2.05) is 19.1 Å². The SMILES string of the molecule is CNC(=O)C[C@H]1CCN(Cc2ccccc2-c2ccc(C)o2)C1. The molecule has 1 atom stereocenters. The van der Waals surface area contributed by atoms with Crippen molar-refractivity contribution in [3.8, 4) is 11.3 Å². The minimum Gasteiger partial charge on any atom is -0.461 e. The molecule has 0 unspecified atom stereocenters. The Kier molecular flexibility index (Phi) is 4.82. The van der Waals surface area contributed by atoms with Crippen LogP contribution in [0.5, 0.6) is 0 Å². The summed E-state index contributed by atoms with van der Waals surface area (Å²) < 4.78 is 5.79. The molecule has 4 nitrogen and oxygen atoms in total. The number of benzene rings is 1. The maximum atomic E-state index is 11.5. The number of furan rings is 1. The normalized spacial score (nSPS) is 18.3. The highest BCUT2D eigenvalue weighted by molar-refractivity contribution is 5.75. The lowest BCUT2D eigenvalue weighted by molar-refractivity contribution is -0.121. The fourth-order valence-corrected chi connectivity index (χ4v) is 3.31. The molecule has 0 radical (unpaired) electrons. The van der Waals surface area contributed by atoms with E-state index in [1.165, 1.54) is 5.56 Å². The van der Waals surface area contributed by atoms with Crippen molar-refractivity contribution in [2.75, 3.05) is 20.1 Å². The van der Waals surface area contributed by atoms with Gasteiger partial charge in [0.05, 0.1) is 0 Å². The van der Waals surface area contributed by atoms with Gasteiger partial charge in [0.25, 0.3) is 0 Å². The van der Waals surface area contributed by atoms with E-state index in [2.05, 4.69) is 34.5 Å². The molecule has 1 aromatic heterocycles. The summed E-state index contributed by atoms with van der Waals surface area (Å²) in [5.41, 5.74) is 2.44. The number of amides is 1. The first-order chi connectivity index (χ1) is 11.2. The third-order valence-corrected chi connectivity index (χ3v) is 4.54. The number of aryl methyl sites for hydroxylation is 1. The number of hydrogen-bond donors (Lipinski definition) is 1. The number of likely N-dealkylation sites (tertiary alicyclic amines) is 1. The van der Waals surface area contributed by atoms with Crippen molar-refractivity contribution in [3.63, 3.8) is 0 Å². The van der Waals surface area contributed by atoms with Gasteiger partial charge in [0.2, 0.25) is 5.91 Å². The van der Waals surface area contributed by atoms with Crippen LogP contribution in [0.15, 0.2) is 40.8 Å². The minimum atomic E-state index is 0.142. The number of carbonyl (C=O) groups is 1. The van der Waals surface area contributed by atoms with Crippen molar-refractivity contribution in [3.05, 3.63) is 47.7 Å². The van der Waals surface area contributed by atoms with Crippen molar-refractivity contribution < 1.29 is 9.21 Å². The highest BCUT2D eigenvalue weighted by Crippen LogP contribution is 2.28. The molecule has 3 rings (SSSR count). The molecule has 1 aliphatic rings. The van der Waals surface area contributed by atoms with E-state index in [0.29, 0.717) is 12.3 Å². The Morgan fingerprint density at radius 2 is 2.13 bits per heavy atom. The van der Waals surface area contributed by atoms with Crippen LogP contribution in [0.1, 0.15) is 24.2 Å². The van der Waals surface area contributed by atoms with Crippen LogP contribution in [0.4, 0.5) is 0 Å². The second kappa shape index (κ2) is 7.01. The average Bonchev–Trinajstić information content (AvgIpc) is 3.17. The molecular weight excluding hydrogens is 288 g/mol. The fourth-order valence-electron chi connectivity index (χ4n) is 3.31. The van der Waals surface area contributed by atoms with Crippen LogP contribution in [0, 0.1) is 12.8 Å². The van der Waals surface area contributed by atoms with Crippen molar-refractivity contribution in [2.45, 2.75) is 26.3 Å². The Morgan fingerprint density at radius 1 is 1.30 bits per heavy atom. The molecular formula is C19H24N2O2. The van der Waals surface area contributed by atoms with E-state index in [-0.39, 0.29) is 5.91 Å². The largest absolute Gasteiger partial charge is 0.461 e. The Morgan fingerprint density at radius 3 is 2.87 bits per heavy atom. The highest BCUT2D eigenvalue weighted by Gasteiger charge is 2.25. The van der Waals surface area contributed by atoms with Gasteiger partial charge in [-0.2, -0.15) is 0 Å². The first kappa shape index (κ1) is 15.8. The van der Waals surface area contributed by atoms with Crippen LogP contribution in [0.3, 0.4) is 0 Å². The topological polar surface area (TPSA) is 45.5 Å². The zero-order valence-corrected chi connectivity index (χ0v) is 13.8. The molecule has 4 heteroatoms. The summed E-state index contributed by atoms with van der Waals surface area (Å²) in [6.07, 6.45) is 1.72. The van der Waals surface area contributed by atoms with Gasteiger partial charge >= 0.3 is 0 Å². The lowest BCUT2D eigenvalue weighted by Crippen LogP contribution is -2.24. The third kappa shape index (κ3) is 3.82. The zero-order valence-electron chi connectivity index (χ0n) is 13.8. The fraction of sp³-hybridized carbons (Fsp3) is 0.421. The lowest BCUT2D eigenvalue weighted by atomic mass is 10.0. The molecule has 0 aliphatic carbocycles. The second-order valence-electron chi connectivity index (χ2n) is 6.33. The van der Waals surface area contributed by atoms with Gasteiger partial charge in [0, 0.05) is 32.1 Å². The molecule has 1 aliphatic heterocycles. The summed E-state index contributed by atoms with van der Waals surface area (Å²) in [7, 11) is 1.71.